The van der Waals surface area contributed by atoms with Crippen LogP contribution in [0.2, 0.25) is 0 Å². The van der Waals surface area contributed by atoms with Crippen LogP contribution < -0.4 is 5.56 Å². The molecular weight excluding hydrogens is 284 g/mol. The largest absolute Gasteiger partial charge is 0.367 e. The van der Waals surface area contributed by atoms with Gasteiger partial charge >= 0.3 is 0 Å². The maximum atomic E-state index is 13.0. The molecule has 5 heteroatoms. The minimum atomic E-state index is -0.792. The molecule has 0 aliphatic carbocycles. The van der Waals surface area contributed by atoms with E-state index in [9.17, 15) is 9.18 Å². The van der Waals surface area contributed by atoms with Gasteiger partial charge in [-0.1, -0.05) is 13.1 Å². The summed E-state index contributed by atoms with van der Waals surface area (Å²) in [4.78, 5) is 15.4. The molecule has 16 heavy (non-hydrogen) atoms. The first-order chi connectivity index (χ1) is 7.18. The normalized spacial score (nSPS) is 9.62. The van der Waals surface area contributed by atoms with Crippen molar-refractivity contribution in [3.05, 3.63) is 58.4 Å². The Hall–Kier alpha value is -0.866. The smallest absolute Gasteiger partial charge is 0.281 e. The van der Waals surface area contributed by atoms with E-state index in [2.05, 4.69) is 11.1 Å². The Bertz CT molecular complexity index is 536. The number of rotatable bonds is 1. The van der Waals surface area contributed by atoms with E-state index >= 15 is 0 Å². The summed E-state index contributed by atoms with van der Waals surface area (Å²) in [7, 11) is 0. The van der Waals surface area contributed by atoms with E-state index in [0.29, 0.717) is 5.82 Å². The van der Waals surface area contributed by atoms with E-state index in [0.717, 1.165) is 16.2 Å². The minimum absolute atomic E-state index is 0. The summed E-state index contributed by atoms with van der Waals surface area (Å²) in [6.45, 7) is 1.84. The molecule has 3 nitrogen and oxygen atoms in total. The number of pyridine rings is 2. The summed E-state index contributed by atoms with van der Waals surface area (Å²) in [5.74, 6) is -0.426. The van der Waals surface area contributed by atoms with Crippen molar-refractivity contribution >= 4 is 0 Å². The fourth-order valence-corrected chi connectivity index (χ4v) is 1.20. The fourth-order valence-electron chi connectivity index (χ4n) is 1.20. The molecule has 0 bridgehead atoms. The van der Waals surface area contributed by atoms with Crippen LogP contribution in [-0.2, 0) is 32.7 Å². The van der Waals surface area contributed by atoms with Gasteiger partial charge in [0, 0.05) is 44.7 Å². The number of nitrogens with zero attached hydrogens (tertiary/aromatic N) is 2. The second kappa shape index (κ2) is 5.46. The molecule has 0 aromatic carbocycles. The maximum absolute atomic E-state index is 13.0. The van der Waals surface area contributed by atoms with Gasteiger partial charge < -0.3 is 9.55 Å². The molecule has 2 heterocycles. The summed E-state index contributed by atoms with van der Waals surface area (Å²) in [6, 6.07) is 7.03. The first-order valence-electron chi connectivity index (χ1n) is 4.40. The van der Waals surface area contributed by atoms with E-state index in [1.165, 1.54) is 12.3 Å². The molecule has 79 valence electrons. The molecule has 2 rings (SSSR count). The van der Waals surface area contributed by atoms with E-state index in [1.54, 1.807) is 12.3 Å². The van der Waals surface area contributed by atoms with Crippen LogP contribution in [0.5, 0.6) is 0 Å². The Kier molecular flexibility index (Phi) is 4.50. The minimum Gasteiger partial charge on any atom is -0.367 e. The van der Waals surface area contributed by atoms with Crippen LogP contribution >= 0.6 is 0 Å². The maximum Gasteiger partial charge on any atom is 0.281 e. The molecule has 0 amide bonds. The molecule has 0 unspecified atom stereocenters. The molecular formula is C11H8FN2OY-. The molecule has 2 aromatic heterocycles. The second-order valence-corrected chi connectivity index (χ2v) is 3.12. The molecule has 0 atom stereocenters. The third kappa shape index (κ3) is 2.63. The molecule has 0 aliphatic rings. The molecule has 2 aromatic rings. The average molecular weight is 292 g/mol. The Labute approximate surface area is 117 Å². The van der Waals surface area contributed by atoms with Crippen LogP contribution in [0.4, 0.5) is 4.39 Å². The van der Waals surface area contributed by atoms with Crippen LogP contribution in [0.1, 0.15) is 5.56 Å². The van der Waals surface area contributed by atoms with Crippen molar-refractivity contribution in [2.45, 2.75) is 6.92 Å². The predicted octanol–water partition coefficient (Wildman–Crippen LogP) is 1.48. The average Bonchev–Trinajstić information content (AvgIpc) is 2.24. The molecule has 0 aliphatic heterocycles. The second-order valence-electron chi connectivity index (χ2n) is 3.12. The zero-order valence-electron chi connectivity index (χ0n) is 8.64. The van der Waals surface area contributed by atoms with Gasteiger partial charge in [0.15, 0.2) is 5.82 Å². The zero-order chi connectivity index (χ0) is 10.8. The van der Waals surface area contributed by atoms with Crippen LogP contribution in [0.25, 0.3) is 5.82 Å². The first-order valence-corrected chi connectivity index (χ1v) is 4.40. The van der Waals surface area contributed by atoms with Gasteiger partial charge in [-0.25, -0.2) is 4.39 Å². The van der Waals surface area contributed by atoms with Crippen LogP contribution in [0.3, 0.4) is 0 Å². The number of hydrogen-bond acceptors (Lipinski definition) is 2. The SMILES string of the molecule is Cc1[c-]cc(-n2cccc(F)c2=O)nc1.[Y]. The van der Waals surface area contributed by atoms with Gasteiger partial charge in [0.05, 0.1) is 0 Å². The molecule has 1 radical (unpaired) electrons. The van der Waals surface area contributed by atoms with Crippen molar-refractivity contribution in [3.8, 4) is 5.82 Å². The quantitative estimate of drug-likeness (QED) is 0.746. The summed E-state index contributed by atoms with van der Waals surface area (Å²) in [5.41, 5.74) is 0.158. The first kappa shape index (κ1) is 13.2. The monoisotopic (exact) mass is 292 g/mol. The van der Waals surface area contributed by atoms with Crippen molar-refractivity contribution in [3.63, 3.8) is 0 Å². The fraction of sp³-hybridized carbons (Fsp3) is 0.0909. The Morgan fingerprint density at radius 2 is 2.25 bits per heavy atom. The molecule has 0 N–H and O–H groups in total. The molecule has 0 spiro atoms. The third-order valence-corrected chi connectivity index (χ3v) is 1.97. The van der Waals surface area contributed by atoms with E-state index in [-0.39, 0.29) is 32.7 Å². The molecule has 0 saturated heterocycles. The van der Waals surface area contributed by atoms with Crippen molar-refractivity contribution in [2.24, 2.45) is 0 Å². The van der Waals surface area contributed by atoms with Gasteiger partial charge in [-0.15, -0.1) is 11.6 Å². The summed E-state index contributed by atoms with van der Waals surface area (Å²) in [6.07, 6.45) is 3.05. The molecule has 0 saturated carbocycles. The summed E-state index contributed by atoms with van der Waals surface area (Å²) < 4.78 is 14.1. The zero-order valence-corrected chi connectivity index (χ0v) is 11.5. The van der Waals surface area contributed by atoms with Crippen LogP contribution in [0.15, 0.2) is 35.4 Å². The Morgan fingerprint density at radius 3 is 2.88 bits per heavy atom. The van der Waals surface area contributed by atoms with Crippen LogP contribution in [0, 0.1) is 18.8 Å². The number of aromatic nitrogens is 2. The third-order valence-electron chi connectivity index (χ3n) is 1.97. The van der Waals surface area contributed by atoms with Crippen LogP contribution in [-0.4, -0.2) is 9.55 Å². The standard InChI is InChI=1S/C11H8FN2O.Y/c1-8-4-5-10(13-7-8)14-6-2-3-9(12)11(14)15;/h2-3,5-7H,1H3;/q-1;. The Balaban J connectivity index is 0.00000128. The van der Waals surface area contributed by atoms with Crippen molar-refractivity contribution in [2.75, 3.05) is 0 Å². The van der Waals surface area contributed by atoms with Crippen molar-refractivity contribution < 1.29 is 37.1 Å². The van der Waals surface area contributed by atoms with Gasteiger partial charge in [-0.05, 0) is 12.1 Å². The number of aryl methyl sites for hydroxylation is 1. The van der Waals surface area contributed by atoms with Gasteiger partial charge in [0.25, 0.3) is 5.56 Å². The number of hydrogen-bond donors (Lipinski definition) is 0. The van der Waals surface area contributed by atoms with Gasteiger partial charge in [-0.2, -0.15) is 6.07 Å². The molecule has 0 fully saturated rings. The van der Waals surface area contributed by atoms with Gasteiger partial charge in [0.1, 0.15) is 0 Å². The summed E-state index contributed by atoms with van der Waals surface area (Å²) in [5, 5.41) is 0. The Morgan fingerprint density at radius 1 is 1.50 bits per heavy atom. The van der Waals surface area contributed by atoms with E-state index < -0.39 is 11.4 Å². The van der Waals surface area contributed by atoms with E-state index in [1.807, 2.05) is 6.92 Å². The predicted molar refractivity (Wildman–Crippen MR) is 53.4 cm³/mol. The topological polar surface area (TPSA) is 34.9 Å². The van der Waals surface area contributed by atoms with Gasteiger partial charge in [0.2, 0.25) is 0 Å². The number of halogens is 1. The summed E-state index contributed by atoms with van der Waals surface area (Å²) >= 11 is 0. The van der Waals surface area contributed by atoms with E-state index in [4.69, 9.17) is 0 Å². The van der Waals surface area contributed by atoms with Crippen molar-refractivity contribution in [1.82, 2.24) is 9.55 Å². The van der Waals surface area contributed by atoms with Gasteiger partial charge in [-0.3, -0.25) is 4.79 Å². The van der Waals surface area contributed by atoms with Crippen molar-refractivity contribution in [1.29, 1.82) is 0 Å².